The van der Waals surface area contributed by atoms with Crippen molar-refractivity contribution in [1.29, 1.82) is 0 Å². The molecule has 1 aliphatic heterocycles. The van der Waals surface area contributed by atoms with Crippen molar-refractivity contribution >= 4 is 35.4 Å². The van der Waals surface area contributed by atoms with Gasteiger partial charge in [0.2, 0.25) is 35.4 Å². The predicted octanol–water partition coefficient (Wildman–Crippen LogP) is -3.29. The highest BCUT2D eigenvalue weighted by atomic mass is 16.2. The highest BCUT2D eigenvalue weighted by Crippen LogP contribution is 2.00. The molecule has 0 bridgehead atoms. The van der Waals surface area contributed by atoms with Gasteiger partial charge in [-0.25, -0.2) is 0 Å². The molecule has 0 atom stereocenters. The number of nitrogens with zero attached hydrogens (tertiary/aromatic N) is 6. The SMILES string of the molecule is CC(=O)NCCN1CC(=O)N(C)CCN(C)C(=O)CN(CCNC(C)=O)CC(=O)N(C)CCN(C)C(=O)C1. The second kappa shape index (κ2) is 16.6. The maximum Gasteiger partial charge on any atom is 0.236 e. The van der Waals surface area contributed by atoms with E-state index in [9.17, 15) is 28.8 Å². The molecule has 1 saturated heterocycles. The van der Waals surface area contributed by atoms with Crippen LogP contribution in [0.15, 0.2) is 0 Å². The van der Waals surface area contributed by atoms with E-state index in [0.29, 0.717) is 13.1 Å². The average molecular weight is 541 g/mol. The first-order valence-corrected chi connectivity index (χ1v) is 12.7. The van der Waals surface area contributed by atoms with E-state index in [1.54, 1.807) is 38.0 Å². The monoisotopic (exact) mass is 540 g/mol. The minimum Gasteiger partial charge on any atom is -0.355 e. The Bertz CT molecular complexity index is 738. The first-order valence-electron chi connectivity index (χ1n) is 12.7. The molecule has 0 aliphatic carbocycles. The first kappa shape index (κ1) is 32.8. The van der Waals surface area contributed by atoms with Gasteiger partial charge < -0.3 is 30.2 Å². The summed E-state index contributed by atoms with van der Waals surface area (Å²) >= 11 is 0. The molecule has 0 aromatic heterocycles. The fourth-order valence-corrected chi connectivity index (χ4v) is 3.55. The maximum absolute atomic E-state index is 12.9. The standard InChI is InChI=1S/C24H44N8O6/c1-19(33)25-7-9-31-15-21(35)27(3)11-13-29(5)23(37)17-32(10-8-26-20(2)34)18-24(38)30(6)14-12-28(4)22(36)16-31/h7-18H2,1-6H3,(H,25,33)(H,26,34). The second-order valence-electron chi connectivity index (χ2n) is 9.65. The van der Waals surface area contributed by atoms with Crippen molar-refractivity contribution in [3.05, 3.63) is 0 Å². The summed E-state index contributed by atoms with van der Waals surface area (Å²) in [5.74, 6) is -1.26. The van der Waals surface area contributed by atoms with Gasteiger partial charge in [-0.2, -0.15) is 0 Å². The van der Waals surface area contributed by atoms with Crippen LogP contribution in [0.1, 0.15) is 13.8 Å². The summed E-state index contributed by atoms with van der Waals surface area (Å²) in [6.07, 6.45) is 0. The smallest absolute Gasteiger partial charge is 0.236 e. The van der Waals surface area contributed by atoms with Crippen LogP contribution in [0.2, 0.25) is 0 Å². The Morgan fingerprint density at radius 2 is 0.789 bits per heavy atom. The van der Waals surface area contributed by atoms with E-state index in [2.05, 4.69) is 10.6 Å². The van der Waals surface area contributed by atoms with Crippen molar-refractivity contribution < 1.29 is 28.8 Å². The lowest BCUT2D eigenvalue weighted by atomic mass is 10.3. The fourth-order valence-electron chi connectivity index (χ4n) is 3.55. The van der Waals surface area contributed by atoms with Gasteiger partial charge in [0.25, 0.3) is 0 Å². The minimum atomic E-state index is -0.215. The zero-order chi connectivity index (χ0) is 28.8. The lowest BCUT2D eigenvalue weighted by Gasteiger charge is -2.30. The third kappa shape index (κ3) is 12.8. The van der Waals surface area contributed by atoms with Crippen LogP contribution in [0.3, 0.4) is 0 Å². The summed E-state index contributed by atoms with van der Waals surface area (Å²) in [4.78, 5) is 83.4. The first-order chi connectivity index (χ1) is 17.8. The lowest BCUT2D eigenvalue weighted by molar-refractivity contribution is -0.139. The van der Waals surface area contributed by atoms with Gasteiger partial charge in [0.1, 0.15) is 0 Å². The molecule has 1 aliphatic rings. The van der Waals surface area contributed by atoms with Gasteiger partial charge in [0.15, 0.2) is 0 Å². The van der Waals surface area contributed by atoms with Gasteiger partial charge in [-0.3, -0.25) is 38.6 Å². The molecule has 0 aromatic carbocycles. The van der Waals surface area contributed by atoms with Gasteiger partial charge in [0.05, 0.1) is 26.2 Å². The number of rotatable bonds is 6. The molecule has 0 radical (unpaired) electrons. The fraction of sp³-hybridized carbons (Fsp3) is 0.750. The predicted molar refractivity (Wildman–Crippen MR) is 141 cm³/mol. The number of amides is 6. The van der Waals surface area contributed by atoms with E-state index >= 15 is 0 Å². The Kier molecular flexibility index (Phi) is 14.3. The largest absolute Gasteiger partial charge is 0.355 e. The van der Waals surface area contributed by atoms with Crippen LogP contribution in [0.5, 0.6) is 0 Å². The molecular weight excluding hydrogens is 496 g/mol. The summed E-state index contributed by atoms with van der Waals surface area (Å²) < 4.78 is 0. The number of likely N-dealkylation sites (N-methyl/N-ethyl adjacent to an activating group) is 4. The van der Waals surface area contributed by atoms with Crippen molar-refractivity contribution in [2.75, 3.05) is 107 Å². The van der Waals surface area contributed by atoms with E-state index in [0.717, 1.165) is 0 Å². The maximum atomic E-state index is 12.9. The van der Waals surface area contributed by atoms with E-state index in [1.165, 1.54) is 33.4 Å². The molecule has 216 valence electrons. The van der Waals surface area contributed by atoms with Crippen LogP contribution in [0.25, 0.3) is 0 Å². The van der Waals surface area contributed by atoms with E-state index < -0.39 is 0 Å². The second-order valence-corrected chi connectivity index (χ2v) is 9.65. The van der Waals surface area contributed by atoms with Gasteiger partial charge in [0, 0.05) is 94.4 Å². The number of carbonyl (C=O) groups excluding carboxylic acids is 6. The highest BCUT2D eigenvalue weighted by molar-refractivity contribution is 5.82. The number of hydrogen-bond acceptors (Lipinski definition) is 8. The van der Waals surface area contributed by atoms with Crippen molar-refractivity contribution in [3.8, 4) is 0 Å². The van der Waals surface area contributed by atoms with Gasteiger partial charge >= 0.3 is 0 Å². The number of carbonyl (C=O) groups is 6. The number of nitrogens with one attached hydrogen (secondary N) is 2. The third-order valence-electron chi connectivity index (χ3n) is 6.28. The Labute approximate surface area is 225 Å². The molecule has 6 amide bonds. The van der Waals surface area contributed by atoms with Gasteiger partial charge in [-0.1, -0.05) is 0 Å². The molecule has 38 heavy (non-hydrogen) atoms. The van der Waals surface area contributed by atoms with Crippen LogP contribution in [-0.4, -0.2) is 172 Å². The van der Waals surface area contributed by atoms with Crippen molar-refractivity contribution in [3.63, 3.8) is 0 Å². The minimum absolute atomic E-state index is 0.0252. The molecule has 0 aromatic rings. The third-order valence-corrected chi connectivity index (χ3v) is 6.28. The zero-order valence-corrected chi connectivity index (χ0v) is 23.6. The van der Waals surface area contributed by atoms with Crippen molar-refractivity contribution in [1.82, 2.24) is 40.0 Å². The summed E-state index contributed by atoms with van der Waals surface area (Å²) in [6.45, 7) is 5.01. The molecule has 1 fully saturated rings. The van der Waals surface area contributed by atoms with E-state index in [1.807, 2.05) is 0 Å². The Hall–Kier alpha value is -3.26. The van der Waals surface area contributed by atoms with E-state index in [4.69, 9.17) is 0 Å². The average Bonchev–Trinajstić information content (AvgIpc) is 2.83. The Morgan fingerprint density at radius 3 is 1.00 bits per heavy atom. The van der Waals surface area contributed by atoms with Crippen LogP contribution in [0.4, 0.5) is 0 Å². The van der Waals surface area contributed by atoms with Crippen LogP contribution < -0.4 is 10.6 Å². The molecule has 0 saturated carbocycles. The topological polar surface area (TPSA) is 146 Å². The summed E-state index contributed by atoms with van der Waals surface area (Å²) in [5.41, 5.74) is 0. The van der Waals surface area contributed by atoms with Gasteiger partial charge in [-0.05, 0) is 0 Å². The van der Waals surface area contributed by atoms with Crippen LogP contribution in [-0.2, 0) is 28.8 Å². The zero-order valence-electron chi connectivity index (χ0n) is 23.6. The molecule has 14 heteroatoms. The summed E-state index contributed by atoms with van der Waals surface area (Å²) in [6, 6.07) is 0. The van der Waals surface area contributed by atoms with Crippen LogP contribution >= 0.6 is 0 Å². The molecule has 14 nitrogen and oxygen atoms in total. The molecule has 0 unspecified atom stereocenters. The van der Waals surface area contributed by atoms with Gasteiger partial charge in [-0.15, -0.1) is 0 Å². The van der Waals surface area contributed by atoms with Crippen LogP contribution in [0, 0.1) is 0 Å². The normalized spacial score (nSPS) is 18.9. The Morgan fingerprint density at radius 1 is 0.553 bits per heavy atom. The number of hydrogen-bond donors (Lipinski definition) is 2. The molecule has 1 rings (SSSR count). The van der Waals surface area contributed by atoms with Crippen molar-refractivity contribution in [2.45, 2.75) is 13.8 Å². The molecule has 0 spiro atoms. The Balaban J connectivity index is 3.04. The molecule has 1 heterocycles. The van der Waals surface area contributed by atoms with Crippen molar-refractivity contribution in [2.24, 2.45) is 0 Å². The lowest BCUT2D eigenvalue weighted by Crippen LogP contribution is -2.50. The molecule has 2 N–H and O–H groups in total. The summed E-state index contributed by atoms with van der Waals surface area (Å²) in [7, 11) is 6.53. The molecular formula is C24H44N8O6. The van der Waals surface area contributed by atoms with E-state index in [-0.39, 0.29) is 101 Å². The quantitative estimate of drug-likeness (QED) is 0.357. The highest BCUT2D eigenvalue weighted by Gasteiger charge is 2.23. The summed E-state index contributed by atoms with van der Waals surface area (Å²) in [5, 5.41) is 5.35.